The number of sulfone groups is 1. The number of rotatable bonds is 5. The van der Waals surface area contributed by atoms with Crippen LogP contribution in [0.3, 0.4) is 0 Å². The quantitative estimate of drug-likeness (QED) is 0.354. The number of nitrogens with zero attached hydrogens (tertiary/aromatic N) is 2. The summed E-state index contributed by atoms with van der Waals surface area (Å²) < 4.78 is 25.8. The number of anilines is 1. The van der Waals surface area contributed by atoms with Gasteiger partial charge in [0.15, 0.2) is 9.84 Å². The van der Waals surface area contributed by atoms with Crippen LogP contribution in [0.2, 0.25) is 0 Å². The van der Waals surface area contributed by atoms with Crippen LogP contribution < -0.4 is 4.90 Å². The second kappa shape index (κ2) is 7.20. The normalized spacial score (nSPS) is 13.4. The van der Waals surface area contributed by atoms with Gasteiger partial charge in [-0.1, -0.05) is 42.5 Å². The summed E-state index contributed by atoms with van der Waals surface area (Å²) in [5.41, 5.74) is 0.120. The van der Waals surface area contributed by atoms with Crippen LogP contribution in [0.5, 0.6) is 0 Å². The smallest absolute Gasteiger partial charge is 0.268 e. The minimum atomic E-state index is -3.98. The van der Waals surface area contributed by atoms with Crippen LogP contribution in [0.25, 0.3) is 0 Å². The highest BCUT2D eigenvalue weighted by molar-refractivity contribution is 7.90. The molecule has 0 N–H and O–H groups in total. The first-order valence-electron chi connectivity index (χ1n) is 8.82. The van der Waals surface area contributed by atoms with Crippen molar-refractivity contribution in [2.75, 3.05) is 4.90 Å². The number of carbonyl (C=O) groups is 2. The molecule has 0 saturated carbocycles. The molecule has 9 heteroatoms. The number of nitro groups is 1. The molecular weight excluding hydrogens is 408 g/mol. The zero-order valence-electron chi connectivity index (χ0n) is 15.4. The molecule has 0 radical (unpaired) electrons. The third-order valence-corrected chi connectivity index (χ3v) is 6.37. The van der Waals surface area contributed by atoms with Gasteiger partial charge in [0, 0.05) is 12.1 Å². The lowest BCUT2D eigenvalue weighted by molar-refractivity contribution is -0.385. The van der Waals surface area contributed by atoms with Gasteiger partial charge in [-0.25, -0.2) is 13.3 Å². The van der Waals surface area contributed by atoms with Crippen molar-refractivity contribution < 1.29 is 22.9 Å². The second-order valence-corrected chi connectivity index (χ2v) is 8.67. The summed E-state index contributed by atoms with van der Waals surface area (Å²) in [6, 6.07) is 17.6. The summed E-state index contributed by atoms with van der Waals surface area (Å²) in [5, 5.41) is 11.4. The molecule has 0 bridgehead atoms. The largest absolute Gasteiger partial charge is 0.272 e. The minimum Gasteiger partial charge on any atom is -0.268 e. The molecule has 1 aliphatic heterocycles. The molecule has 1 aliphatic rings. The molecule has 0 aromatic heterocycles. The third-order valence-electron chi connectivity index (χ3n) is 4.70. The number of non-ortho nitro benzene ring substituents is 1. The lowest BCUT2D eigenvalue weighted by Crippen LogP contribution is -2.29. The SMILES string of the molecule is O=C1c2ccccc2C(=O)N1c1cc([N+](=O)[O-])cc(S(=O)(=O)Cc2ccccc2)c1. The topological polar surface area (TPSA) is 115 Å². The molecule has 0 unspecified atom stereocenters. The lowest BCUT2D eigenvalue weighted by Gasteiger charge is -2.15. The number of carbonyl (C=O) groups excluding carboxylic acids is 2. The second-order valence-electron chi connectivity index (χ2n) is 6.68. The summed E-state index contributed by atoms with van der Waals surface area (Å²) >= 11 is 0. The molecular formula is C21H14N2O6S. The van der Waals surface area contributed by atoms with E-state index in [0.29, 0.717) is 5.56 Å². The molecule has 3 aromatic rings. The van der Waals surface area contributed by atoms with Gasteiger partial charge in [0.1, 0.15) is 0 Å². The number of amides is 2. The van der Waals surface area contributed by atoms with Crippen molar-refractivity contribution in [1.29, 1.82) is 0 Å². The average Bonchev–Trinajstić information content (AvgIpc) is 2.99. The number of nitro benzene ring substituents is 1. The molecule has 0 aliphatic carbocycles. The number of benzene rings is 3. The molecule has 150 valence electrons. The van der Waals surface area contributed by atoms with E-state index in [2.05, 4.69) is 0 Å². The Kier molecular flexibility index (Phi) is 4.67. The summed E-state index contributed by atoms with van der Waals surface area (Å²) in [6.07, 6.45) is 0. The Morgan fingerprint density at radius 3 is 1.97 bits per heavy atom. The maximum atomic E-state index is 12.9. The Hall–Kier alpha value is -3.85. The van der Waals surface area contributed by atoms with Crippen molar-refractivity contribution in [1.82, 2.24) is 0 Å². The molecule has 3 aromatic carbocycles. The maximum Gasteiger partial charge on any atom is 0.272 e. The highest BCUT2D eigenvalue weighted by Crippen LogP contribution is 2.33. The Bertz CT molecular complexity index is 1270. The van der Waals surface area contributed by atoms with Gasteiger partial charge >= 0.3 is 0 Å². The monoisotopic (exact) mass is 422 g/mol. The van der Waals surface area contributed by atoms with Crippen LogP contribution >= 0.6 is 0 Å². The number of imide groups is 1. The van der Waals surface area contributed by atoms with Gasteiger partial charge < -0.3 is 0 Å². The molecule has 2 amide bonds. The predicted molar refractivity (Wildman–Crippen MR) is 108 cm³/mol. The van der Waals surface area contributed by atoms with Crippen molar-refractivity contribution in [3.8, 4) is 0 Å². The van der Waals surface area contributed by atoms with Gasteiger partial charge in [-0.3, -0.25) is 19.7 Å². The van der Waals surface area contributed by atoms with Crippen LogP contribution in [0.1, 0.15) is 26.3 Å². The molecule has 4 rings (SSSR count). The van der Waals surface area contributed by atoms with Gasteiger partial charge in [-0.15, -0.1) is 0 Å². The number of fused-ring (bicyclic) bond motifs is 1. The molecule has 0 fully saturated rings. The standard InChI is InChI=1S/C21H14N2O6S/c24-20-18-8-4-5-9-19(18)21(25)22(20)15-10-16(23(26)27)12-17(11-15)30(28,29)13-14-6-2-1-3-7-14/h1-12H,13H2. The van der Waals surface area contributed by atoms with Gasteiger partial charge in [0.05, 0.1) is 32.4 Å². The van der Waals surface area contributed by atoms with E-state index in [1.807, 2.05) is 0 Å². The summed E-state index contributed by atoms with van der Waals surface area (Å²) in [7, 11) is -3.98. The van der Waals surface area contributed by atoms with E-state index in [-0.39, 0.29) is 27.5 Å². The fourth-order valence-corrected chi connectivity index (χ4v) is 4.68. The first-order chi connectivity index (χ1) is 14.3. The lowest BCUT2D eigenvalue weighted by atomic mass is 10.1. The summed E-state index contributed by atoms with van der Waals surface area (Å²) in [5.74, 6) is -1.71. The summed E-state index contributed by atoms with van der Waals surface area (Å²) in [4.78, 5) is 36.5. The average molecular weight is 422 g/mol. The van der Waals surface area contributed by atoms with Crippen LogP contribution in [0.4, 0.5) is 11.4 Å². The van der Waals surface area contributed by atoms with E-state index in [4.69, 9.17) is 0 Å². The first-order valence-corrected chi connectivity index (χ1v) is 10.5. The van der Waals surface area contributed by atoms with Crippen LogP contribution in [0.15, 0.2) is 77.7 Å². The Morgan fingerprint density at radius 1 is 0.833 bits per heavy atom. The Balaban J connectivity index is 1.81. The zero-order chi connectivity index (χ0) is 21.5. The molecule has 0 saturated heterocycles. The van der Waals surface area contributed by atoms with Crippen molar-refractivity contribution in [3.05, 3.63) is 99.6 Å². The van der Waals surface area contributed by atoms with Crippen LogP contribution in [-0.2, 0) is 15.6 Å². The van der Waals surface area contributed by atoms with Crippen molar-refractivity contribution in [2.45, 2.75) is 10.6 Å². The van der Waals surface area contributed by atoms with E-state index in [9.17, 15) is 28.1 Å². The molecule has 8 nitrogen and oxygen atoms in total. The Labute approximate surface area is 171 Å². The fraction of sp³-hybridized carbons (Fsp3) is 0.0476. The van der Waals surface area contributed by atoms with Crippen molar-refractivity contribution in [3.63, 3.8) is 0 Å². The van der Waals surface area contributed by atoms with Crippen LogP contribution in [-0.4, -0.2) is 25.2 Å². The predicted octanol–water partition coefficient (Wildman–Crippen LogP) is 3.37. The van der Waals surface area contributed by atoms with E-state index < -0.39 is 32.3 Å². The zero-order valence-corrected chi connectivity index (χ0v) is 16.2. The van der Waals surface area contributed by atoms with Crippen LogP contribution in [0, 0.1) is 10.1 Å². The highest BCUT2D eigenvalue weighted by Gasteiger charge is 2.37. The van der Waals surface area contributed by atoms with E-state index >= 15 is 0 Å². The summed E-state index contributed by atoms with van der Waals surface area (Å²) in [6.45, 7) is 0. The van der Waals surface area contributed by atoms with Gasteiger partial charge in [0.25, 0.3) is 17.5 Å². The number of hydrogen-bond acceptors (Lipinski definition) is 6. The van der Waals surface area contributed by atoms with E-state index in [1.165, 1.54) is 12.1 Å². The first kappa shape index (κ1) is 19.5. The maximum absolute atomic E-state index is 12.9. The highest BCUT2D eigenvalue weighted by atomic mass is 32.2. The molecule has 0 atom stereocenters. The number of hydrogen-bond donors (Lipinski definition) is 0. The Morgan fingerprint density at radius 2 is 1.40 bits per heavy atom. The minimum absolute atomic E-state index is 0.155. The van der Waals surface area contributed by atoms with Crippen molar-refractivity contribution >= 4 is 33.0 Å². The van der Waals surface area contributed by atoms with E-state index in [0.717, 1.165) is 23.1 Å². The van der Waals surface area contributed by atoms with Gasteiger partial charge in [-0.2, -0.15) is 0 Å². The van der Waals surface area contributed by atoms with Gasteiger partial charge in [-0.05, 0) is 23.8 Å². The third kappa shape index (κ3) is 3.35. The van der Waals surface area contributed by atoms with Gasteiger partial charge in [0.2, 0.25) is 0 Å². The molecule has 1 heterocycles. The fourth-order valence-electron chi connectivity index (χ4n) is 3.28. The van der Waals surface area contributed by atoms with E-state index in [1.54, 1.807) is 42.5 Å². The van der Waals surface area contributed by atoms with Crippen molar-refractivity contribution in [2.24, 2.45) is 0 Å². The molecule has 0 spiro atoms. The molecule has 30 heavy (non-hydrogen) atoms.